The standard InChI is InChI=1S/C11H13NO/c1-3-9(2)12-11(13)10-7-5-4-6-8-10/h3-9H,1H2,2H3,(H,12,13). The van der Waals surface area contributed by atoms with E-state index in [0.29, 0.717) is 5.56 Å². The van der Waals surface area contributed by atoms with Gasteiger partial charge in [0.25, 0.3) is 5.91 Å². The molecule has 1 amide bonds. The van der Waals surface area contributed by atoms with Crippen molar-refractivity contribution < 1.29 is 4.79 Å². The van der Waals surface area contributed by atoms with Gasteiger partial charge in [-0.3, -0.25) is 4.79 Å². The number of nitrogens with one attached hydrogen (secondary N) is 1. The Morgan fingerprint density at radius 2 is 2.08 bits per heavy atom. The van der Waals surface area contributed by atoms with Gasteiger partial charge in [-0.1, -0.05) is 24.3 Å². The minimum atomic E-state index is -0.0620. The monoisotopic (exact) mass is 175 g/mol. The summed E-state index contributed by atoms with van der Waals surface area (Å²) in [6.07, 6.45) is 1.70. The van der Waals surface area contributed by atoms with Crippen molar-refractivity contribution in [3.05, 3.63) is 48.6 Å². The van der Waals surface area contributed by atoms with Gasteiger partial charge in [0.1, 0.15) is 0 Å². The van der Waals surface area contributed by atoms with Gasteiger partial charge < -0.3 is 5.32 Å². The highest BCUT2D eigenvalue weighted by molar-refractivity contribution is 5.94. The van der Waals surface area contributed by atoms with E-state index in [9.17, 15) is 4.79 Å². The topological polar surface area (TPSA) is 29.1 Å². The minimum Gasteiger partial charge on any atom is -0.346 e. The zero-order valence-electron chi connectivity index (χ0n) is 7.66. The molecule has 0 saturated heterocycles. The molecule has 0 saturated carbocycles. The molecule has 1 aromatic carbocycles. The predicted octanol–water partition coefficient (Wildman–Crippen LogP) is 1.99. The van der Waals surface area contributed by atoms with E-state index in [-0.39, 0.29) is 11.9 Å². The summed E-state index contributed by atoms with van der Waals surface area (Å²) in [7, 11) is 0. The summed E-state index contributed by atoms with van der Waals surface area (Å²) in [4.78, 5) is 11.5. The minimum absolute atomic E-state index is 0.00714. The molecule has 0 fully saturated rings. The van der Waals surface area contributed by atoms with E-state index in [1.807, 2.05) is 25.1 Å². The second-order valence-corrected chi connectivity index (χ2v) is 2.86. The van der Waals surface area contributed by atoms with Gasteiger partial charge in [0.2, 0.25) is 0 Å². The Bertz CT molecular complexity index is 292. The van der Waals surface area contributed by atoms with Gasteiger partial charge in [-0.15, -0.1) is 6.58 Å². The van der Waals surface area contributed by atoms with Crippen LogP contribution < -0.4 is 5.32 Å². The van der Waals surface area contributed by atoms with Crippen LogP contribution >= 0.6 is 0 Å². The Hall–Kier alpha value is -1.57. The summed E-state index contributed by atoms with van der Waals surface area (Å²) in [6, 6.07) is 9.14. The summed E-state index contributed by atoms with van der Waals surface area (Å²) in [5, 5.41) is 2.79. The molecule has 1 unspecified atom stereocenters. The summed E-state index contributed by atoms with van der Waals surface area (Å²) in [6.45, 7) is 5.48. The van der Waals surface area contributed by atoms with Gasteiger partial charge >= 0.3 is 0 Å². The van der Waals surface area contributed by atoms with Crippen LogP contribution in [0.15, 0.2) is 43.0 Å². The lowest BCUT2D eigenvalue weighted by Gasteiger charge is -2.08. The molecule has 0 spiro atoms. The average Bonchev–Trinajstić information content (AvgIpc) is 2.19. The zero-order chi connectivity index (χ0) is 9.68. The molecule has 1 atom stereocenters. The molecule has 1 N–H and O–H groups in total. The maximum Gasteiger partial charge on any atom is 0.251 e. The van der Waals surface area contributed by atoms with Crippen LogP contribution in [0.1, 0.15) is 17.3 Å². The number of amides is 1. The molecule has 13 heavy (non-hydrogen) atoms. The van der Waals surface area contributed by atoms with Crippen molar-refractivity contribution in [1.29, 1.82) is 0 Å². The molecule has 0 radical (unpaired) electrons. The van der Waals surface area contributed by atoms with Crippen molar-refractivity contribution >= 4 is 5.91 Å². The second-order valence-electron chi connectivity index (χ2n) is 2.86. The fourth-order valence-corrected chi connectivity index (χ4v) is 0.939. The Morgan fingerprint density at radius 1 is 1.46 bits per heavy atom. The first kappa shape index (κ1) is 9.52. The lowest BCUT2D eigenvalue weighted by molar-refractivity contribution is 0.0947. The highest BCUT2D eigenvalue weighted by Crippen LogP contribution is 1.98. The summed E-state index contributed by atoms with van der Waals surface area (Å²) < 4.78 is 0. The Labute approximate surface area is 78.3 Å². The van der Waals surface area contributed by atoms with E-state index in [1.54, 1.807) is 18.2 Å². The van der Waals surface area contributed by atoms with Crippen molar-refractivity contribution in [1.82, 2.24) is 5.32 Å². The maximum atomic E-state index is 11.5. The third kappa shape index (κ3) is 2.75. The van der Waals surface area contributed by atoms with Crippen molar-refractivity contribution in [3.63, 3.8) is 0 Å². The van der Waals surface area contributed by atoms with Gasteiger partial charge in [0, 0.05) is 11.6 Å². The number of benzene rings is 1. The van der Waals surface area contributed by atoms with Crippen molar-refractivity contribution in [2.24, 2.45) is 0 Å². The number of hydrogen-bond acceptors (Lipinski definition) is 1. The van der Waals surface area contributed by atoms with Crippen LogP contribution in [0.2, 0.25) is 0 Å². The van der Waals surface area contributed by atoms with Gasteiger partial charge in [-0.25, -0.2) is 0 Å². The van der Waals surface area contributed by atoms with E-state index >= 15 is 0 Å². The summed E-state index contributed by atoms with van der Waals surface area (Å²) >= 11 is 0. The fourth-order valence-electron chi connectivity index (χ4n) is 0.939. The molecule has 0 aliphatic carbocycles. The Kier molecular flexibility index (Phi) is 3.26. The third-order valence-electron chi connectivity index (χ3n) is 1.75. The van der Waals surface area contributed by atoms with Crippen molar-refractivity contribution in [3.8, 4) is 0 Å². The van der Waals surface area contributed by atoms with Crippen LogP contribution in [0.25, 0.3) is 0 Å². The van der Waals surface area contributed by atoms with Crippen LogP contribution in [-0.2, 0) is 0 Å². The molecule has 0 bridgehead atoms. The molecule has 1 rings (SSSR count). The van der Waals surface area contributed by atoms with Gasteiger partial charge in [-0.05, 0) is 19.1 Å². The quantitative estimate of drug-likeness (QED) is 0.699. The largest absolute Gasteiger partial charge is 0.346 e. The molecule has 0 heterocycles. The molecule has 0 aliphatic heterocycles. The SMILES string of the molecule is C=CC(C)NC(=O)c1ccccc1. The van der Waals surface area contributed by atoms with E-state index < -0.39 is 0 Å². The van der Waals surface area contributed by atoms with Crippen molar-refractivity contribution in [2.45, 2.75) is 13.0 Å². The van der Waals surface area contributed by atoms with E-state index in [1.165, 1.54) is 0 Å². The van der Waals surface area contributed by atoms with E-state index in [2.05, 4.69) is 11.9 Å². The van der Waals surface area contributed by atoms with E-state index in [0.717, 1.165) is 0 Å². The molecular formula is C11H13NO. The normalized spacial score (nSPS) is 11.8. The highest BCUT2D eigenvalue weighted by Gasteiger charge is 2.05. The molecule has 2 heteroatoms. The van der Waals surface area contributed by atoms with Crippen LogP contribution in [0.5, 0.6) is 0 Å². The van der Waals surface area contributed by atoms with Crippen LogP contribution in [-0.4, -0.2) is 11.9 Å². The fraction of sp³-hybridized carbons (Fsp3) is 0.182. The van der Waals surface area contributed by atoms with Gasteiger partial charge in [-0.2, -0.15) is 0 Å². The molecule has 1 aromatic rings. The molecule has 0 aliphatic rings. The van der Waals surface area contributed by atoms with Crippen molar-refractivity contribution in [2.75, 3.05) is 0 Å². The lowest BCUT2D eigenvalue weighted by atomic mass is 10.2. The average molecular weight is 175 g/mol. The first-order chi connectivity index (χ1) is 6.24. The number of rotatable bonds is 3. The molecule has 0 aromatic heterocycles. The number of carbonyl (C=O) groups excluding carboxylic acids is 1. The molecular weight excluding hydrogens is 162 g/mol. The maximum absolute atomic E-state index is 11.5. The third-order valence-corrected chi connectivity index (χ3v) is 1.75. The first-order valence-electron chi connectivity index (χ1n) is 4.22. The molecule has 2 nitrogen and oxygen atoms in total. The summed E-state index contributed by atoms with van der Waals surface area (Å²) in [5.41, 5.74) is 0.677. The van der Waals surface area contributed by atoms with Crippen LogP contribution in [0.4, 0.5) is 0 Å². The molecule has 68 valence electrons. The Morgan fingerprint density at radius 3 is 2.62 bits per heavy atom. The Balaban J connectivity index is 2.64. The first-order valence-corrected chi connectivity index (χ1v) is 4.22. The number of hydrogen-bond donors (Lipinski definition) is 1. The zero-order valence-corrected chi connectivity index (χ0v) is 7.66. The van der Waals surface area contributed by atoms with Gasteiger partial charge in [0.05, 0.1) is 0 Å². The summed E-state index contributed by atoms with van der Waals surface area (Å²) in [5.74, 6) is -0.0620. The second kappa shape index (κ2) is 4.45. The smallest absolute Gasteiger partial charge is 0.251 e. The lowest BCUT2D eigenvalue weighted by Crippen LogP contribution is -2.30. The van der Waals surface area contributed by atoms with Crippen LogP contribution in [0, 0.1) is 0 Å². The van der Waals surface area contributed by atoms with E-state index in [4.69, 9.17) is 0 Å². The highest BCUT2D eigenvalue weighted by atomic mass is 16.1. The number of carbonyl (C=O) groups is 1. The predicted molar refractivity (Wildman–Crippen MR) is 53.6 cm³/mol. The van der Waals surface area contributed by atoms with Crippen LogP contribution in [0.3, 0.4) is 0 Å². The van der Waals surface area contributed by atoms with Gasteiger partial charge in [0.15, 0.2) is 0 Å².